The van der Waals surface area contributed by atoms with Crippen LogP contribution >= 0.6 is 0 Å². The van der Waals surface area contributed by atoms with E-state index in [0.717, 1.165) is 36.1 Å². The standard InChI is InChI=1S/C22H24N2O3/c25-16-23-20-14-22(19-9-5-4-8-18(19)20)10-12-24(13-11-22)21(26)27-15-17-6-2-1-3-7-17/h1-9,25H,10-16H2. The summed E-state index contributed by atoms with van der Waals surface area (Å²) < 4.78 is 5.48. The molecule has 1 saturated heterocycles. The first-order valence-electron chi connectivity index (χ1n) is 9.41. The number of aliphatic hydroxyl groups is 1. The number of fused-ring (bicyclic) bond motifs is 2. The predicted octanol–water partition coefficient (Wildman–Crippen LogP) is 3.50. The summed E-state index contributed by atoms with van der Waals surface area (Å²) >= 11 is 0. The molecule has 5 heteroatoms. The molecule has 0 unspecified atom stereocenters. The maximum Gasteiger partial charge on any atom is 0.410 e. The van der Waals surface area contributed by atoms with Crippen LogP contribution in [0.4, 0.5) is 4.79 Å². The zero-order valence-electron chi connectivity index (χ0n) is 15.3. The van der Waals surface area contributed by atoms with Crippen molar-refractivity contribution in [3.05, 3.63) is 71.3 Å². The highest BCUT2D eigenvalue weighted by atomic mass is 16.6. The molecule has 1 N–H and O–H groups in total. The Bertz CT molecular complexity index is 840. The maximum atomic E-state index is 12.4. The highest BCUT2D eigenvalue weighted by Gasteiger charge is 2.44. The van der Waals surface area contributed by atoms with Crippen LogP contribution in [0.25, 0.3) is 0 Å². The highest BCUT2D eigenvalue weighted by molar-refractivity contribution is 6.06. The number of amides is 1. The Labute approximate surface area is 159 Å². The minimum absolute atomic E-state index is 0.0147. The number of aliphatic imine (C=N–C) groups is 1. The summed E-state index contributed by atoms with van der Waals surface area (Å²) in [5.74, 6) is 0. The van der Waals surface area contributed by atoms with Crippen LogP contribution in [0.5, 0.6) is 0 Å². The molecule has 5 nitrogen and oxygen atoms in total. The van der Waals surface area contributed by atoms with Crippen molar-refractivity contribution in [3.63, 3.8) is 0 Å². The molecule has 2 aliphatic rings. The van der Waals surface area contributed by atoms with Crippen LogP contribution in [0, 0.1) is 0 Å². The maximum absolute atomic E-state index is 12.4. The van der Waals surface area contributed by atoms with Gasteiger partial charge >= 0.3 is 6.09 Å². The zero-order valence-corrected chi connectivity index (χ0v) is 15.3. The van der Waals surface area contributed by atoms with Crippen molar-refractivity contribution in [2.75, 3.05) is 19.8 Å². The molecule has 1 aliphatic carbocycles. The van der Waals surface area contributed by atoms with Crippen molar-refractivity contribution in [1.29, 1.82) is 0 Å². The lowest BCUT2D eigenvalue weighted by Gasteiger charge is -2.39. The number of piperidine rings is 1. The number of hydrogen-bond donors (Lipinski definition) is 1. The van der Waals surface area contributed by atoms with Gasteiger partial charge in [0.25, 0.3) is 0 Å². The Kier molecular flexibility index (Phi) is 4.94. The van der Waals surface area contributed by atoms with Crippen molar-refractivity contribution in [3.8, 4) is 0 Å². The molecule has 0 atom stereocenters. The molecule has 1 aliphatic heterocycles. The fourth-order valence-electron chi connectivity index (χ4n) is 4.31. The number of hydrogen-bond acceptors (Lipinski definition) is 4. The van der Waals surface area contributed by atoms with E-state index < -0.39 is 0 Å². The lowest BCUT2D eigenvalue weighted by atomic mass is 9.74. The fourth-order valence-corrected chi connectivity index (χ4v) is 4.31. The topological polar surface area (TPSA) is 62.1 Å². The molecule has 2 aromatic rings. The summed E-state index contributed by atoms with van der Waals surface area (Å²) in [7, 11) is 0. The van der Waals surface area contributed by atoms with Gasteiger partial charge in [0.2, 0.25) is 0 Å². The van der Waals surface area contributed by atoms with Gasteiger partial charge in [-0.2, -0.15) is 0 Å². The molecule has 0 aromatic heterocycles. The van der Waals surface area contributed by atoms with E-state index in [-0.39, 0.29) is 18.2 Å². The number of aliphatic hydroxyl groups excluding tert-OH is 1. The smallest absolute Gasteiger partial charge is 0.410 e. The predicted molar refractivity (Wildman–Crippen MR) is 104 cm³/mol. The SMILES string of the molecule is O=C(OCc1ccccc1)N1CCC2(CC1)CC(=NCO)c1ccccc12. The Morgan fingerprint density at radius 2 is 1.78 bits per heavy atom. The second-order valence-corrected chi connectivity index (χ2v) is 7.28. The summed E-state index contributed by atoms with van der Waals surface area (Å²) in [6.07, 6.45) is 2.35. The monoisotopic (exact) mass is 364 g/mol. The fraction of sp³-hybridized carbons (Fsp3) is 0.364. The lowest BCUT2D eigenvalue weighted by Crippen LogP contribution is -2.44. The minimum atomic E-state index is -0.246. The number of likely N-dealkylation sites (tertiary alicyclic amines) is 1. The number of ether oxygens (including phenoxy) is 1. The van der Waals surface area contributed by atoms with Crippen LogP contribution in [-0.2, 0) is 16.8 Å². The first kappa shape index (κ1) is 17.7. The molecule has 0 bridgehead atoms. The summed E-state index contributed by atoms with van der Waals surface area (Å²) in [5, 5.41) is 9.25. The first-order valence-corrected chi connectivity index (χ1v) is 9.41. The molecule has 1 amide bonds. The molecule has 27 heavy (non-hydrogen) atoms. The minimum Gasteiger partial charge on any atom is -0.445 e. The average Bonchev–Trinajstić information content (AvgIpc) is 3.01. The molecular formula is C22H24N2O3. The Morgan fingerprint density at radius 1 is 1.07 bits per heavy atom. The zero-order chi connectivity index (χ0) is 18.7. The third-order valence-corrected chi connectivity index (χ3v) is 5.76. The third-order valence-electron chi connectivity index (χ3n) is 5.76. The second-order valence-electron chi connectivity index (χ2n) is 7.28. The summed E-state index contributed by atoms with van der Waals surface area (Å²) in [4.78, 5) is 18.5. The van der Waals surface area contributed by atoms with Gasteiger partial charge < -0.3 is 14.7 Å². The van der Waals surface area contributed by atoms with Crippen LogP contribution in [0.15, 0.2) is 59.6 Å². The highest BCUT2D eigenvalue weighted by Crippen LogP contribution is 2.46. The Morgan fingerprint density at radius 3 is 2.52 bits per heavy atom. The Hall–Kier alpha value is -2.66. The van der Waals surface area contributed by atoms with Crippen molar-refractivity contribution in [1.82, 2.24) is 4.90 Å². The van der Waals surface area contributed by atoms with Gasteiger partial charge in [0.05, 0.1) is 0 Å². The summed E-state index contributed by atoms with van der Waals surface area (Å²) in [6.45, 7) is 1.47. The third kappa shape index (κ3) is 3.47. The van der Waals surface area contributed by atoms with E-state index in [2.05, 4.69) is 23.2 Å². The van der Waals surface area contributed by atoms with Crippen LogP contribution in [0.3, 0.4) is 0 Å². The largest absolute Gasteiger partial charge is 0.445 e. The van der Waals surface area contributed by atoms with Crippen LogP contribution in [0.2, 0.25) is 0 Å². The summed E-state index contributed by atoms with van der Waals surface area (Å²) in [5.41, 5.74) is 4.43. The molecule has 2 aromatic carbocycles. The van der Waals surface area contributed by atoms with Gasteiger partial charge in [0.1, 0.15) is 13.3 Å². The number of nitrogens with zero attached hydrogens (tertiary/aromatic N) is 2. The number of rotatable bonds is 3. The van der Waals surface area contributed by atoms with E-state index in [9.17, 15) is 9.90 Å². The van der Waals surface area contributed by atoms with Gasteiger partial charge in [-0.15, -0.1) is 0 Å². The molecule has 1 spiro atoms. The van der Waals surface area contributed by atoms with E-state index in [1.165, 1.54) is 5.56 Å². The van der Waals surface area contributed by atoms with Gasteiger partial charge in [-0.25, -0.2) is 4.79 Å². The van der Waals surface area contributed by atoms with Crippen molar-refractivity contribution >= 4 is 11.8 Å². The molecule has 1 fully saturated rings. The van der Waals surface area contributed by atoms with E-state index in [4.69, 9.17) is 4.74 Å². The number of carbonyl (C=O) groups is 1. The molecule has 0 radical (unpaired) electrons. The molecule has 0 saturated carbocycles. The van der Waals surface area contributed by atoms with Crippen molar-refractivity contribution < 1.29 is 14.6 Å². The van der Waals surface area contributed by atoms with Gasteiger partial charge in [0, 0.05) is 24.2 Å². The first-order chi connectivity index (χ1) is 13.2. The van der Waals surface area contributed by atoms with E-state index in [1.54, 1.807) is 4.90 Å². The number of carbonyl (C=O) groups excluding carboxylic acids is 1. The lowest BCUT2D eigenvalue weighted by molar-refractivity contribution is 0.0785. The quantitative estimate of drug-likeness (QED) is 0.907. The van der Waals surface area contributed by atoms with E-state index in [0.29, 0.717) is 19.7 Å². The molecule has 140 valence electrons. The van der Waals surface area contributed by atoms with Gasteiger partial charge in [0.15, 0.2) is 0 Å². The number of benzene rings is 2. The van der Waals surface area contributed by atoms with E-state index >= 15 is 0 Å². The van der Waals surface area contributed by atoms with Crippen molar-refractivity contribution in [2.45, 2.75) is 31.3 Å². The molecule has 4 rings (SSSR count). The van der Waals surface area contributed by atoms with Crippen LogP contribution in [0.1, 0.15) is 36.0 Å². The molecule has 1 heterocycles. The summed E-state index contributed by atoms with van der Waals surface area (Å²) in [6, 6.07) is 18.1. The molecular weight excluding hydrogens is 340 g/mol. The van der Waals surface area contributed by atoms with Crippen molar-refractivity contribution in [2.24, 2.45) is 4.99 Å². The van der Waals surface area contributed by atoms with Crippen LogP contribution < -0.4 is 0 Å². The van der Waals surface area contributed by atoms with Gasteiger partial charge in [-0.05, 0) is 36.0 Å². The second kappa shape index (κ2) is 7.53. The Balaban J connectivity index is 1.41. The van der Waals surface area contributed by atoms with E-state index in [1.807, 2.05) is 36.4 Å². The normalized spacial score (nSPS) is 19.3. The average molecular weight is 364 g/mol. The van der Waals surface area contributed by atoms with Gasteiger partial charge in [-0.1, -0.05) is 54.6 Å². The van der Waals surface area contributed by atoms with Crippen LogP contribution in [-0.4, -0.2) is 41.6 Å². The van der Waals surface area contributed by atoms with Gasteiger partial charge in [-0.3, -0.25) is 4.99 Å².